The lowest BCUT2D eigenvalue weighted by atomic mass is 9.98. The van der Waals surface area contributed by atoms with E-state index in [1.54, 1.807) is 0 Å². The van der Waals surface area contributed by atoms with Crippen LogP contribution in [0.4, 0.5) is 0 Å². The highest BCUT2D eigenvalue weighted by molar-refractivity contribution is 4.90. The number of aliphatic hydroxyl groups excluding tert-OH is 4. The summed E-state index contributed by atoms with van der Waals surface area (Å²) in [6.07, 6.45) is -4.85. The van der Waals surface area contributed by atoms with Gasteiger partial charge in [-0.1, -0.05) is 0 Å². The van der Waals surface area contributed by atoms with E-state index in [0.717, 1.165) is 0 Å². The molecule has 0 saturated carbocycles. The second-order valence-electron chi connectivity index (χ2n) is 2.81. The normalized spacial score (nSPS) is 49.2. The number of hydrogen-bond acceptors (Lipinski definition) is 6. The maximum absolute atomic E-state index is 9.20. The third-order valence-electron chi connectivity index (χ3n) is 1.95. The first-order valence-corrected chi connectivity index (χ1v) is 3.64. The molecule has 0 aliphatic carbocycles. The molecule has 0 radical (unpaired) electrons. The van der Waals surface area contributed by atoms with E-state index in [9.17, 15) is 10.2 Å². The number of ether oxygens (including phenoxy) is 1. The van der Waals surface area contributed by atoms with Crippen LogP contribution in [0.2, 0.25) is 0 Å². The Kier molecular flexibility index (Phi) is 2.99. The molecule has 0 spiro atoms. The molecular weight excluding hydrogens is 166 g/mol. The Labute approximate surface area is 69.2 Å². The van der Waals surface area contributed by atoms with Crippen LogP contribution in [-0.2, 0) is 4.74 Å². The Balaban J connectivity index is 2.63. The van der Waals surface area contributed by atoms with Crippen LogP contribution in [0.15, 0.2) is 0 Å². The number of hydrogen-bond donors (Lipinski definition) is 5. The quantitative estimate of drug-likeness (QED) is 0.288. The summed E-state index contributed by atoms with van der Waals surface area (Å²) in [6.45, 7) is -0.470. The van der Waals surface area contributed by atoms with Gasteiger partial charge in [0.25, 0.3) is 0 Å². The lowest BCUT2D eigenvalue weighted by Gasteiger charge is -2.38. The number of rotatable bonds is 1. The zero-order chi connectivity index (χ0) is 9.30. The Morgan fingerprint density at radius 3 is 2.25 bits per heavy atom. The van der Waals surface area contributed by atoms with Gasteiger partial charge in [-0.3, -0.25) is 0 Å². The lowest BCUT2D eigenvalue weighted by molar-refractivity contribution is -0.248. The summed E-state index contributed by atoms with van der Waals surface area (Å²) in [7, 11) is 0. The van der Waals surface area contributed by atoms with E-state index in [4.69, 9.17) is 20.7 Å². The molecule has 1 saturated heterocycles. The molecule has 0 aromatic heterocycles. The molecule has 0 aromatic carbocycles. The average Bonchev–Trinajstić information content (AvgIpc) is 2.08. The van der Waals surface area contributed by atoms with E-state index in [1.165, 1.54) is 0 Å². The van der Waals surface area contributed by atoms with Crippen molar-refractivity contribution < 1.29 is 25.2 Å². The zero-order valence-corrected chi connectivity index (χ0v) is 6.37. The highest BCUT2D eigenvalue weighted by atomic mass is 16.6. The highest BCUT2D eigenvalue weighted by Gasteiger charge is 2.41. The van der Waals surface area contributed by atoms with E-state index in [2.05, 4.69) is 0 Å². The maximum Gasteiger partial charge on any atom is 0.173 e. The molecule has 0 amide bonds. The van der Waals surface area contributed by atoms with Crippen LogP contribution in [0.5, 0.6) is 0 Å². The third-order valence-corrected chi connectivity index (χ3v) is 1.95. The van der Waals surface area contributed by atoms with Crippen molar-refractivity contribution in [1.82, 2.24) is 0 Å². The smallest absolute Gasteiger partial charge is 0.173 e. The molecule has 1 fully saturated rings. The minimum atomic E-state index is -1.35. The van der Waals surface area contributed by atoms with Gasteiger partial charge in [-0.2, -0.15) is 0 Å². The Morgan fingerprint density at radius 2 is 1.75 bits per heavy atom. The minimum Gasteiger partial charge on any atom is -0.394 e. The molecule has 3 unspecified atom stereocenters. The van der Waals surface area contributed by atoms with Gasteiger partial charge in [0.2, 0.25) is 0 Å². The topological polar surface area (TPSA) is 116 Å². The minimum absolute atomic E-state index is 0.470. The van der Waals surface area contributed by atoms with Gasteiger partial charge in [-0.05, 0) is 0 Å². The fourth-order valence-electron chi connectivity index (χ4n) is 1.12. The Hall–Kier alpha value is -0.240. The molecule has 6 heteroatoms. The van der Waals surface area contributed by atoms with Gasteiger partial charge in [0, 0.05) is 0 Å². The van der Waals surface area contributed by atoms with Gasteiger partial charge < -0.3 is 30.9 Å². The largest absolute Gasteiger partial charge is 0.394 e. The molecule has 5 atom stereocenters. The molecule has 0 aromatic rings. The van der Waals surface area contributed by atoms with E-state index >= 15 is 0 Å². The van der Waals surface area contributed by atoms with Crippen molar-refractivity contribution in [1.29, 1.82) is 0 Å². The second-order valence-corrected chi connectivity index (χ2v) is 2.81. The van der Waals surface area contributed by atoms with Crippen molar-refractivity contribution in [2.24, 2.45) is 5.73 Å². The first-order chi connectivity index (χ1) is 5.57. The van der Waals surface area contributed by atoms with Crippen molar-refractivity contribution in [3.05, 3.63) is 0 Å². The molecule has 1 aliphatic heterocycles. The summed E-state index contributed by atoms with van der Waals surface area (Å²) in [5.41, 5.74) is 5.26. The first kappa shape index (κ1) is 9.85. The Morgan fingerprint density at radius 1 is 1.17 bits per heavy atom. The van der Waals surface area contributed by atoms with Gasteiger partial charge >= 0.3 is 0 Å². The average molecular weight is 179 g/mol. The summed E-state index contributed by atoms with van der Waals surface area (Å²) in [5.74, 6) is 0. The lowest BCUT2D eigenvalue weighted by Crippen LogP contribution is -2.61. The molecule has 1 aliphatic rings. The standard InChI is InChI=1S/C6H13NO5/c7-3-5(10)4(9)2(1-8)12-6(3)11/h2-6,8-11H,1,7H2/t2?,3?,4-,5-,6?/m1/s1. The van der Waals surface area contributed by atoms with Crippen LogP contribution in [0.3, 0.4) is 0 Å². The Bertz CT molecular complexity index is 150. The monoisotopic (exact) mass is 179 g/mol. The molecule has 1 heterocycles. The zero-order valence-electron chi connectivity index (χ0n) is 6.37. The van der Waals surface area contributed by atoms with Gasteiger partial charge in [0.1, 0.15) is 18.3 Å². The molecule has 72 valence electrons. The molecule has 0 bridgehead atoms. The summed E-state index contributed by atoms with van der Waals surface area (Å²) in [5, 5.41) is 36.1. The van der Waals surface area contributed by atoms with Gasteiger partial charge in [-0.25, -0.2) is 0 Å². The van der Waals surface area contributed by atoms with Crippen LogP contribution < -0.4 is 5.73 Å². The summed E-state index contributed by atoms with van der Waals surface area (Å²) < 4.78 is 4.70. The van der Waals surface area contributed by atoms with Gasteiger partial charge in [-0.15, -0.1) is 0 Å². The predicted molar refractivity (Wildman–Crippen MR) is 38.0 cm³/mol. The van der Waals surface area contributed by atoms with Gasteiger partial charge in [0.15, 0.2) is 6.29 Å². The molecule has 1 rings (SSSR count). The molecule has 6 nitrogen and oxygen atoms in total. The molecular formula is C6H13NO5. The predicted octanol–water partition coefficient (Wildman–Crippen LogP) is -3.25. The fourth-order valence-corrected chi connectivity index (χ4v) is 1.12. The molecule has 6 N–H and O–H groups in total. The van der Waals surface area contributed by atoms with Crippen LogP contribution in [0, 0.1) is 0 Å². The summed E-state index contributed by atoms with van der Waals surface area (Å²) >= 11 is 0. The summed E-state index contributed by atoms with van der Waals surface area (Å²) in [4.78, 5) is 0. The first-order valence-electron chi connectivity index (χ1n) is 3.64. The third kappa shape index (κ3) is 1.58. The van der Waals surface area contributed by atoms with Gasteiger partial charge in [0.05, 0.1) is 12.6 Å². The van der Waals surface area contributed by atoms with E-state index < -0.39 is 37.3 Å². The van der Waals surface area contributed by atoms with E-state index in [1.807, 2.05) is 0 Å². The number of aliphatic hydroxyl groups is 4. The van der Waals surface area contributed by atoms with Crippen molar-refractivity contribution in [2.45, 2.75) is 30.6 Å². The summed E-state index contributed by atoms with van der Waals surface area (Å²) in [6, 6.07) is -1.04. The highest BCUT2D eigenvalue weighted by Crippen LogP contribution is 2.17. The van der Waals surface area contributed by atoms with Crippen LogP contribution in [0.1, 0.15) is 0 Å². The van der Waals surface area contributed by atoms with E-state index in [-0.39, 0.29) is 0 Å². The fraction of sp³-hybridized carbons (Fsp3) is 1.00. The number of nitrogens with two attached hydrogens (primary N) is 1. The van der Waals surface area contributed by atoms with E-state index in [0.29, 0.717) is 0 Å². The second kappa shape index (κ2) is 3.65. The van der Waals surface area contributed by atoms with Crippen molar-refractivity contribution >= 4 is 0 Å². The van der Waals surface area contributed by atoms with Crippen LogP contribution in [0.25, 0.3) is 0 Å². The van der Waals surface area contributed by atoms with Crippen LogP contribution >= 0.6 is 0 Å². The van der Waals surface area contributed by atoms with Crippen molar-refractivity contribution in [2.75, 3.05) is 6.61 Å². The molecule has 12 heavy (non-hydrogen) atoms. The van der Waals surface area contributed by atoms with Crippen molar-refractivity contribution in [3.63, 3.8) is 0 Å². The maximum atomic E-state index is 9.20. The SMILES string of the molecule is NC1C(O)OC(CO)[C@@H](O)[C@@H]1O. The van der Waals surface area contributed by atoms with Crippen LogP contribution in [-0.4, -0.2) is 57.7 Å². The van der Waals surface area contributed by atoms with Crippen molar-refractivity contribution in [3.8, 4) is 0 Å².